The number of hydrogen-bond acceptors (Lipinski definition) is 9. The van der Waals surface area contributed by atoms with Crippen LogP contribution in [-0.2, 0) is 37.0 Å². The van der Waals surface area contributed by atoms with Crippen LogP contribution in [0.4, 0.5) is 29.1 Å². The molecule has 51 heavy (non-hydrogen) atoms. The van der Waals surface area contributed by atoms with E-state index < -0.39 is 40.5 Å². The second kappa shape index (κ2) is 13.1. The van der Waals surface area contributed by atoms with Gasteiger partial charge in [-0.05, 0) is 51.3 Å². The first-order valence-electron chi connectivity index (χ1n) is 17.0. The van der Waals surface area contributed by atoms with Gasteiger partial charge in [0.05, 0.1) is 47.4 Å². The van der Waals surface area contributed by atoms with Crippen LogP contribution in [0, 0.1) is 17.7 Å². The molecule has 0 radical (unpaired) electrons. The van der Waals surface area contributed by atoms with Crippen molar-refractivity contribution in [3.8, 4) is 17.9 Å². The number of benzene rings is 1. The highest BCUT2D eigenvalue weighted by molar-refractivity contribution is 5.92. The van der Waals surface area contributed by atoms with Crippen molar-refractivity contribution in [2.75, 3.05) is 51.0 Å². The molecule has 4 aliphatic heterocycles. The molecule has 2 atom stereocenters. The maximum atomic E-state index is 15.7. The third-order valence-electron chi connectivity index (χ3n) is 10.2. The summed E-state index contributed by atoms with van der Waals surface area (Å²) < 4.78 is 73.7. The largest absolute Gasteiger partial charge is 0.461 e. The second-order valence-electron chi connectivity index (χ2n) is 13.9. The number of amides is 1. The number of aromatic nitrogens is 4. The Balaban J connectivity index is 1.29. The Bertz CT molecular complexity index is 1970. The van der Waals surface area contributed by atoms with Gasteiger partial charge in [-0.3, -0.25) is 14.4 Å². The molecule has 2 saturated heterocycles. The number of nitrogen functional groups attached to an aromatic ring is 1. The van der Waals surface area contributed by atoms with E-state index in [1.165, 1.54) is 11.8 Å². The fraction of sp³-hybridized carbons (Fsp3) is 0.500. The number of alkyl halides is 3. The third-order valence-corrected chi connectivity index (χ3v) is 10.2. The van der Waals surface area contributed by atoms with Crippen molar-refractivity contribution in [1.29, 1.82) is 0 Å². The van der Waals surface area contributed by atoms with Crippen molar-refractivity contribution in [3.05, 3.63) is 69.4 Å². The first kappa shape index (κ1) is 34.8. The molecule has 3 aromatic rings. The Morgan fingerprint density at radius 2 is 2.00 bits per heavy atom. The van der Waals surface area contributed by atoms with E-state index in [1.54, 1.807) is 20.2 Å². The van der Waals surface area contributed by atoms with E-state index in [0.717, 1.165) is 49.7 Å². The van der Waals surface area contributed by atoms with Crippen LogP contribution >= 0.6 is 0 Å². The molecule has 0 spiro atoms. The summed E-state index contributed by atoms with van der Waals surface area (Å²) in [6, 6.07) is 2.74. The molecule has 2 N–H and O–H groups in total. The number of fused-ring (bicyclic) bond motifs is 3. The maximum Gasteiger partial charge on any atom is 0.418 e. The Hall–Kier alpha value is -4.68. The predicted octanol–water partition coefficient (Wildman–Crippen LogP) is 4.88. The molecule has 15 heteroatoms. The molecule has 6 heterocycles. The number of carbonyl (C=O) groups is 1. The number of aryl methyl sites for hydroxylation is 1. The van der Waals surface area contributed by atoms with Gasteiger partial charge in [-0.25, -0.2) is 4.39 Å². The molecule has 11 nitrogen and oxygen atoms in total. The van der Waals surface area contributed by atoms with E-state index in [1.807, 2.05) is 9.58 Å². The van der Waals surface area contributed by atoms with Crippen molar-refractivity contribution in [2.24, 2.45) is 0 Å². The van der Waals surface area contributed by atoms with Gasteiger partial charge < -0.3 is 25.0 Å². The van der Waals surface area contributed by atoms with E-state index in [0.29, 0.717) is 55.4 Å². The van der Waals surface area contributed by atoms with Crippen molar-refractivity contribution < 1.29 is 31.8 Å². The van der Waals surface area contributed by atoms with Gasteiger partial charge in [0.15, 0.2) is 11.5 Å². The zero-order chi connectivity index (χ0) is 36.2. The maximum absolute atomic E-state index is 15.7. The Morgan fingerprint density at radius 3 is 2.75 bits per heavy atom. The molecule has 0 saturated carbocycles. The lowest BCUT2D eigenvalue weighted by atomic mass is 9.91. The Morgan fingerprint density at radius 1 is 1.20 bits per heavy atom. The molecule has 1 unspecified atom stereocenters. The van der Waals surface area contributed by atoms with Crippen molar-refractivity contribution >= 4 is 17.4 Å². The van der Waals surface area contributed by atoms with Gasteiger partial charge in [-0.2, -0.15) is 28.2 Å². The van der Waals surface area contributed by atoms with Crippen LogP contribution in [0.2, 0.25) is 0 Å². The predicted molar refractivity (Wildman–Crippen MR) is 180 cm³/mol. The third kappa shape index (κ3) is 6.40. The number of hydrogen-bond donors (Lipinski definition) is 1. The molecule has 4 aliphatic rings. The summed E-state index contributed by atoms with van der Waals surface area (Å²) in [7, 11) is 3.33. The van der Waals surface area contributed by atoms with E-state index in [4.69, 9.17) is 25.2 Å². The lowest BCUT2D eigenvalue weighted by molar-refractivity contribution is -0.140. The number of nitrogens with zero attached hydrogens (tertiary/aromatic N) is 7. The lowest BCUT2D eigenvalue weighted by Gasteiger charge is -2.33. The molecule has 1 aromatic carbocycles. The van der Waals surface area contributed by atoms with Gasteiger partial charge in [0.2, 0.25) is 0 Å². The number of anilines is 2. The molecule has 2 fully saturated rings. The van der Waals surface area contributed by atoms with Crippen LogP contribution in [0.3, 0.4) is 0 Å². The Kier molecular flexibility index (Phi) is 8.95. The van der Waals surface area contributed by atoms with Crippen LogP contribution in [0.1, 0.15) is 82.8 Å². The van der Waals surface area contributed by atoms with E-state index in [2.05, 4.69) is 28.4 Å². The number of carbonyl (C=O) groups excluding carboxylic acids is 1. The summed E-state index contributed by atoms with van der Waals surface area (Å²) in [5.74, 6) is 4.00. The van der Waals surface area contributed by atoms with Crippen LogP contribution < -0.4 is 15.4 Å². The molecule has 1 amide bonds. The second-order valence-corrected chi connectivity index (χ2v) is 13.9. The van der Waals surface area contributed by atoms with Crippen LogP contribution in [-0.4, -0.2) is 81.3 Å². The minimum absolute atomic E-state index is 0.0750. The molecule has 7 rings (SSSR count). The van der Waals surface area contributed by atoms with Crippen LogP contribution in [0.25, 0.3) is 0 Å². The SMILES string of the molecule is C=C1CN2CCC[C@@]2(COc2nc3c(c(N4CCCn5nc(C(=O)N(C)C)cc5C4)n2)COC(c2c(F)c(N)cc(C#CC)c2C(F)(F)F)C3)C1. The fourth-order valence-corrected chi connectivity index (χ4v) is 7.91. The minimum atomic E-state index is -4.93. The first-order valence-corrected chi connectivity index (χ1v) is 17.0. The van der Waals surface area contributed by atoms with Crippen LogP contribution in [0.5, 0.6) is 6.01 Å². The zero-order valence-electron chi connectivity index (χ0n) is 28.9. The molecular formula is C36H40F4N8O3. The first-order chi connectivity index (χ1) is 24.3. The minimum Gasteiger partial charge on any atom is -0.461 e. The average Bonchev–Trinajstić information content (AvgIpc) is 3.70. The van der Waals surface area contributed by atoms with E-state index in [9.17, 15) is 18.0 Å². The highest BCUT2D eigenvalue weighted by Gasteiger charge is 2.47. The van der Waals surface area contributed by atoms with Gasteiger partial charge in [0.25, 0.3) is 5.91 Å². The number of rotatable bonds is 6. The van der Waals surface area contributed by atoms with E-state index >= 15 is 4.39 Å². The normalized spacial score (nSPS) is 21.7. The van der Waals surface area contributed by atoms with Gasteiger partial charge in [-0.1, -0.05) is 18.1 Å². The van der Waals surface area contributed by atoms with Gasteiger partial charge >= 0.3 is 12.2 Å². The molecule has 270 valence electrons. The standard InChI is InChI=1S/C36H40F4N8O3/c1-5-8-22-13-25(41)31(37)29(30(22)36(38,39)40)28-15-26-24(19-50-28)32(43-34(42-26)51-20-35-9-6-11-47(35)17-21(2)16-35)46-10-7-12-48-23(18-46)14-27(44-48)33(49)45(3)4/h13-14,28H,2,6-7,9-12,15-20,41H2,1,3-4H3/t28?,35-/m0/s1. The summed E-state index contributed by atoms with van der Waals surface area (Å²) in [5.41, 5.74) is 6.09. The molecular weight excluding hydrogens is 668 g/mol. The van der Waals surface area contributed by atoms with Gasteiger partial charge in [-0.15, -0.1) is 5.92 Å². The molecule has 0 aliphatic carbocycles. The quantitative estimate of drug-likeness (QED) is 0.166. The summed E-state index contributed by atoms with van der Waals surface area (Å²) in [6.45, 7) is 8.95. The lowest BCUT2D eigenvalue weighted by Crippen LogP contribution is -2.43. The fourth-order valence-electron chi connectivity index (χ4n) is 7.91. The van der Waals surface area contributed by atoms with Gasteiger partial charge in [0.1, 0.15) is 12.4 Å². The van der Waals surface area contributed by atoms with Crippen LogP contribution in [0.15, 0.2) is 24.3 Å². The number of nitrogens with two attached hydrogens (primary N) is 1. The van der Waals surface area contributed by atoms with Gasteiger partial charge in [0, 0.05) is 56.8 Å². The average molecular weight is 709 g/mol. The summed E-state index contributed by atoms with van der Waals surface area (Å²) in [5, 5.41) is 4.54. The molecule has 2 aromatic heterocycles. The highest BCUT2D eigenvalue weighted by Crippen LogP contribution is 2.45. The summed E-state index contributed by atoms with van der Waals surface area (Å²) in [4.78, 5) is 28.2. The van der Waals surface area contributed by atoms with Crippen molar-refractivity contribution in [1.82, 2.24) is 29.5 Å². The number of ether oxygens (including phenoxy) is 2. The van der Waals surface area contributed by atoms with E-state index in [-0.39, 0.29) is 30.5 Å². The van der Waals surface area contributed by atoms with Crippen molar-refractivity contribution in [2.45, 2.75) is 76.5 Å². The topological polar surface area (TPSA) is 115 Å². The number of halogens is 4. The summed E-state index contributed by atoms with van der Waals surface area (Å²) >= 11 is 0. The molecule has 0 bridgehead atoms. The zero-order valence-corrected chi connectivity index (χ0v) is 28.9. The van der Waals surface area contributed by atoms with Crippen molar-refractivity contribution in [3.63, 3.8) is 0 Å². The smallest absolute Gasteiger partial charge is 0.418 e. The Labute approximate surface area is 293 Å². The summed E-state index contributed by atoms with van der Waals surface area (Å²) in [6.07, 6.45) is -3.05. The highest BCUT2D eigenvalue weighted by atomic mass is 19.4. The monoisotopic (exact) mass is 708 g/mol.